The molecule has 122 valence electrons. The molecular weight excluding hydrogens is 300 g/mol. The molecule has 0 fully saturated rings. The topological polar surface area (TPSA) is 38.1 Å². The van der Waals surface area contributed by atoms with Gasteiger partial charge in [-0.3, -0.25) is 9.48 Å². The van der Waals surface area contributed by atoms with Crippen molar-refractivity contribution in [2.24, 2.45) is 0 Å². The highest BCUT2D eigenvalue weighted by molar-refractivity contribution is 5.95. The van der Waals surface area contributed by atoms with Crippen LogP contribution in [0.25, 0.3) is 0 Å². The van der Waals surface area contributed by atoms with E-state index in [1.54, 1.807) is 20.2 Å². The fourth-order valence-electron chi connectivity index (χ4n) is 3.01. The Balaban J connectivity index is 1.87. The summed E-state index contributed by atoms with van der Waals surface area (Å²) >= 11 is 0. The molecule has 0 unspecified atom stereocenters. The van der Waals surface area contributed by atoms with Gasteiger partial charge in [0.25, 0.3) is 5.91 Å². The van der Waals surface area contributed by atoms with E-state index in [-0.39, 0.29) is 11.5 Å². The zero-order chi connectivity index (χ0) is 16.6. The highest BCUT2D eigenvalue weighted by Gasteiger charge is 2.26. The van der Waals surface area contributed by atoms with E-state index in [0.717, 1.165) is 49.7 Å². The second kappa shape index (κ2) is 6.10. The van der Waals surface area contributed by atoms with Crippen LogP contribution in [-0.2, 0) is 13.0 Å². The maximum Gasteiger partial charge on any atom is 0.257 e. The Hall–Kier alpha value is -2.24. The lowest BCUT2D eigenvalue weighted by Gasteiger charge is -2.26. The Kier molecular flexibility index (Phi) is 4.15. The van der Waals surface area contributed by atoms with Crippen LogP contribution in [0.2, 0.25) is 0 Å². The number of amides is 1. The lowest BCUT2D eigenvalue weighted by molar-refractivity contribution is 0.0738. The molecule has 0 aliphatic carbocycles. The predicted molar refractivity (Wildman–Crippen MR) is 82.0 cm³/mol. The number of halogens is 2. The fraction of sp³-hybridized carbons (Fsp3) is 0.412. The number of carbonyl (C=O) groups excluding carboxylic acids is 1. The van der Waals surface area contributed by atoms with E-state index in [0.29, 0.717) is 5.56 Å². The molecule has 1 aliphatic heterocycles. The molecular formula is C17H19F2N3O. The first-order chi connectivity index (χ1) is 11.0. The van der Waals surface area contributed by atoms with Gasteiger partial charge in [0, 0.05) is 19.2 Å². The van der Waals surface area contributed by atoms with Crippen molar-refractivity contribution in [2.75, 3.05) is 7.05 Å². The Morgan fingerprint density at radius 3 is 2.91 bits per heavy atom. The third kappa shape index (κ3) is 2.85. The van der Waals surface area contributed by atoms with Gasteiger partial charge in [-0.15, -0.1) is 0 Å². The van der Waals surface area contributed by atoms with E-state index in [1.807, 2.05) is 4.68 Å². The van der Waals surface area contributed by atoms with Crippen molar-refractivity contribution in [2.45, 2.75) is 38.8 Å². The number of carbonyl (C=O) groups is 1. The van der Waals surface area contributed by atoms with Crippen molar-refractivity contribution >= 4 is 5.91 Å². The Bertz CT molecular complexity index is 741. The van der Waals surface area contributed by atoms with E-state index in [1.165, 1.54) is 4.90 Å². The van der Waals surface area contributed by atoms with Gasteiger partial charge in [0.1, 0.15) is 11.6 Å². The van der Waals surface area contributed by atoms with Gasteiger partial charge in [-0.1, -0.05) is 0 Å². The molecule has 0 bridgehead atoms. The number of hydrogen-bond donors (Lipinski definition) is 0. The second-order valence-corrected chi connectivity index (χ2v) is 5.94. The van der Waals surface area contributed by atoms with Crippen LogP contribution in [0.1, 0.15) is 47.4 Å². The smallest absolute Gasteiger partial charge is 0.257 e. The number of aromatic nitrogens is 2. The molecule has 1 aromatic carbocycles. The van der Waals surface area contributed by atoms with Gasteiger partial charge in [-0.05, 0) is 44.4 Å². The summed E-state index contributed by atoms with van der Waals surface area (Å²) in [4.78, 5) is 14.2. The third-order valence-corrected chi connectivity index (χ3v) is 4.52. The zero-order valence-electron chi connectivity index (χ0n) is 13.2. The summed E-state index contributed by atoms with van der Waals surface area (Å²) in [6.45, 7) is 2.51. The van der Waals surface area contributed by atoms with Crippen LogP contribution in [0.5, 0.6) is 0 Å². The molecule has 23 heavy (non-hydrogen) atoms. The summed E-state index contributed by atoms with van der Waals surface area (Å²) in [6.07, 6.45) is 4.48. The Labute approximate surface area is 133 Å². The number of aryl methyl sites for hydroxylation is 1. The Morgan fingerprint density at radius 1 is 1.35 bits per heavy atom. The van der Waals surface area contributed by atoms with Crippen molar-refractivity contribution in [1.29, 1.82) is 0 Å². The summed E-state index contributed by atoms with van der Waals surface area (Å²) in [6, 6.07) is 2.72. The second-order valence-electron chi connectivity index (χ2n) is 5.94. The van der Waals surface area contributed by atoms with Crippen molar-refractivity contribution in [1.82, 2.24) is 14.7 Å². The molecule has 3 rings (SSSR count). The first-order valence-electron chi connectivity index (χ1n) is 7.76. The number of fused-ring (bicyclic) bond motifs is 1. The van der Waals surface area contributed by atoms with Gasteiger partial charge >= 0.3 is 0 Å². The molecule has 0 saturated carbocycles. The quantitative estimate of drug-likeness (QED) is 0.870. The van der Waals surface area contributed by atoms with Crippen LogP contribution in [-0.4, -0.2) is 27.6 Å². The summed E-state index contributed by atoms with van der Waals surface area (Å²) in [5.41, 5.74) is 1.65. The minimum absolute atomic E-state index is 0.168. The summed E-state index contributed by atoms with van der Waals surface area (Å²) in [5.74, 6) is -1.25. The zero-order valence-corrected chi connectivity index (χ0v) is 13.2. The van der Waals surface area contributed by atoms with Crippen LogP contribution in [0, 0.1) is 11.6 Å². The molecule has 1 amide bonds. The van der Waals surface area contributed by atoms with Crippen molar-refractivity contribution in [3.8, 4) is 0 Å². The fourth-order valence-corrected chi connectivity index (χ4v) is 3.01. The van der Waals surface area contributed by atoms with Crippen molar-refractivity contribution in [3.05, 3.63) is 52.9 Å². The molecule has 1 aromatic heterocycles. The standard InChI is InChI=1S/C17H19F2N3O/c1-11(13-9-12(18)6-7-15(13)19)21(2)17(23)14-10-20-22-8-4-3-5-16(14)22/h6-7,9-11H,3-5,8H2,1-2H3/t11-/m0/s1. The first-order valence-corrected chi connectivity index (χ1v) is 7.76. The van der Waals surface area contributed by atoms with E-state index in [2.05, 4.69) is 5.10 Å². The molecule has 2 aromatic rings. The Morgan fingerprint density at radius 2 is 2.13 bits per heavy atom. The minimum atomic E-state index is -0.572. The van der Waals surface area contributed by atoms with Gasteiger partial charge in [0.05, 0.1) is 23.5 Å². The lowest BCUT2D eigenvalue weighted by atomic mass is 10.0. The first kappa shape index (κ1) is 15.6. The van der Waals surface area contributed by atoms with E-state index >= 15 is 0 Å². The molecule has 2 heterocycles. The average molecular weight is 319 g/mol. The molecule has 0 spiro atoms. The van der Waals surface area contributed by atoms with Gasteiger partial charge in [0.2, 0.25) is 0 Å². The van der Waals surface area contributed by atoms with E-state index in [4.69, 9.17) is 0 Å². The maximum atomic E-state index is 13.9. The van der Waals surface area contributed by atoms with Gasteiger partial charge in [-0.25, -0.2) is 8.78 Å². The number of nitrogens with zero attached hydrogens (tertiary/aromatic N) is 3. The highest BCUT2D eigenvalue weighted by atomic mass is 19.1. The van der Waals surface area contributed by atoms with Crippen LogP contribution < -0.4 is 0 Å². The molecule has 0 N–H and O–H groups in total. The molecule has 0 saturated heterocycles. The SMILES string of the molecule is C[C@@H](c1cc(F)ccc1F)N(C)C(=O)c1cnn2c1CCCC2. The molecule has 4 nitrogen and oxygen atoms in total. The van der Waals surface area contributed by atoms with Crippen LogP contribution in [0.4, 0.5) is 8.78 Å². The van der Waals surface area contributed by atoms with Crippen LogP contribution in [0.3, 0.4) is 0 Å². The highest BCUT2D eigenvalue weighted by Crippen LogP contribution is 2.26. The third-order valence-electron chi connectivity index (χ3n) is 4.52. The normalized spacial score (nSPS) is 15.1. The van der Waals surface area contributed by atoms with Gasteiger partial charge in [0.15, 0.2) is 0 Å². The summed E-state index contributed by atoms with van der Waals surface area (Å²) < 4.78 is 29.2. The van der Waals surface area contributed by atoms with Gasteiger partial charge in [-0.2, -0.15) is 5.10 Å². The minimum Gasteiger partial charge on any atom is -0.335 e. The molecule has 6 heteroatoms. The molecule has 0 radical (unpaired) electrons. The number of benzene rings is 1. The lowest BCUT2D eigenvalue weighted by Crippen LogP contribution is -2.31. The van der Waals surface area contributed by atoms with E-state index < -0.39 is 17.7 Å². The van der Waals surface area contributed by atoms with E-state index in [9.17, 15) is 13.6 Å². The largest absolute Gasteiger partial charge is 0.335 e. The monoisotopic (exact) mass is 319 g/mol. The molecule has 1 atom stereocenters. The van der Waals surface area contributed by atoms with Crippen molar-refractivity contribution in [3.63, 3.8) is 0 Å². The summed E-state index contributed by atoms with van der Waals surface area (Å²) in [7, 11) is 1.60. The maximum absolute atomic E-state index is 13.9. The number of rotatable bonds is 3. The van der Waals surface area contributed by atoms with Crippen LogP contribution in [0.15, 0.2) is 24.4 Å². The molecule has 1 aliphatic rings. The van der Waals surface area contributed by atoms with Crippen molar-refractivity contribution < 1.29 is 13.6 Å². The average Bonchev–Trinajstić information content (AvgIpc) is 2.99. The van der Waals surface area contributed by atoms with Gasteiger partial charge < -0.3 is 4.90 Å². The summed E-state index contributed by atoms with van der Waals surface area (Å²) in [5, 5.41) is 4.26. The number of hydrogen-bond acceptors (Lipinski definition) is 2. The van der Waals surface area contributed by atoms with Crippen LogP contribution >= 0.6 is 0 Å². The predicted octanol–water partition coefficient (Wildman–Crippen LogP) is 3.33.